The smallest absolute Gasteiger partial charge is 0.339 e. The molecule has 0 amide bonds. The number of halogens is 2. The van der Waals surface area contributed by atoms with Crippen molar-refractivity contribution in [3.63, 3.8) is 0 Å². The standard InChI is InChI=1S/C11H9BrClNO2/c1-2-16-11(15)7-5-9-10(12)8(13)3-4-14(9)6-7/h3-6H,2H2,1H3. The van der Waals surface area contributed by atoms with E-state index in [9.17, 15) is 4.79 Å². The van der Waals surface area contributed by atoms with Crippen molar-refractivity contribution in [1.82, 2.24) is 4.40 Å². The summed E-state index contributed by atoms with van der Waals surface area (Å²) in [5.41, 5.74) is 1.36. The summed E-state index contributed by atoms with van der Waals surface area (Å²) in [6.45, 7) is 2.15. The molecular weight excluding hydrogens is 293 g/mol. The van der Waals surface area contributed by atoms with Gasteiger partial charge in [0.15, 0.2) is 0 Å². The monoisotopic (exact) mass is 301 g/mol. The first kappa shape index (κ1) is 11.5. The van der Waals surface area contributed by atoms with E-state index in [2.05, 4.69) is 15.9 Å². The minimum atomic E-state index is -0.325. The summed E-state index contributed by atoms with van der Waals surface area (Å²) in [5.74, 6) is -0.325. The Balaban J connectivity index is 2.52. The van der Waals surface area contributed by atoms with Crippen molar-refractivity contribution in [3.05, 3.63) is 39.6 Å². The van der Waals surface area contributed by atoms with E-state index in [1.54, 1.807) is 31.5 Å². The Morgan fingerprint density at radius 3 is 3.06 bits per heavy atom. The molecule has 0 aliphatic rings. The van der Waals surface area contributed by atoms with Crippen LogP contribution in [0.15, 0.2) is 29.0 Å². The lowest BCUT2D eigenvalue weighted by Crippen LogP contribution is -2.02. The molecule has 5 heteroatoms. The number of fused-ring (bicyclic) bond motifs is 1. The van der Waals surface area contributed by atoms with Gasteiger partial charge in [-0.05, 0) is 35.0 Å². The number of hydrogen-bond donors (Lipinski definition) is 0. The fourth-order valence-electron chi connectivity index (χ4n) is 1.45. The van der Waals surface area contributed by atoms with Crippen LogP contribution < -0.4 is 0 Å². The first-order valence-corrected chi connectivity index (χ1v) is 5.93. The summed E-state index contributed by atoms with van der Waals surface area (Å²) < 4.78 is 7.52. The second-order valence-corrected chi connectivity index (χ2v) is 4.42. The fraction of sp³-hybridized carbons (Fsp3) is 0.182. The molecule has 0 N–H and O–H groups in total. The average molecular weight is 303 g/mol. The van der Waals surface area contributed by atoms with Crippen LogP contribution in [-0.4, -0.2) is 17.0 Å². The predicted octanol–water partition coefficient (Wildman–Crippen LogP) is 3.53. The van der Waals surface area contributed by atoms with E-state index in [4.69, 9.17) is 16.3 Å². The third-order valence-electron chi connectivity index (χ3n) is 2.18. The molecule has 2 rings (SSSR count). The molecule has 0 aliphatic carbocycles. The van der Waals surface area contributed by atoms with Crippen LogP contribution in [0.4, 0.5) is 0 Å². The van der Waals surface area contributed by atoms with E-state index in [1.807, 2.05) is 4.40 Å². The van der Waals surface area contributed by atoms with Gasteiger partial charge in [-0.3, -0.25) is 0 Å². The summed E-state index contributed by atoms with van der Waals surface area (Å²) in [7, 11) is 0. The Kier molecular flexibility index (Phi) is 3.21. The second-order valence-electron chi connectivity index (χ2n) is 3.22. The van der Waals surface area contributed by atoms with Gasteiger partial charge in [-0.2, -0.15) is 0 Å². The van der Waals surface area contributed by atoms with Crippen molar-refractivity contribution in [2.45, 2.75) is 6.92 Å². The third-order valence-corrected chi connectivity index (χ3v) is 3.55. The molecule has 2 heterocycles. The van der Waals surface area contributed by atoms with Crippen LogP contribution in [-0.2, 0) is 4.74 Å². The number of rotatable bonds is 2. The number of nitrogens with zero attached hydrogens (tertiary/aromatic N) is 1. The molecular formula is C11H9BrClNO2. The molecule has 2 aromatic rings. The van der Waals surface area contributed by atoms with E-state index in [0.29, 0.717) is 17.2 Å². The molecule has 3 nitrogen and oxygen atoms in total. The Hall–Kier alpha value is -1.00. The predicted molar refractivity (Wildman–Crippen MR) is 66.1 cm³/mol. The highest BCUT2D eigenvalue weighted by Crippen LogP contribution is 2.28. The van der Waals surface area contributed by atoms with Crippen LogP contribution in [0.25, 0.3) is 5.52 Å². The highest BCUT2D eigenvalue weighted by atomic mass is 79.9. The Morgan fingerprint density at radius 2 is 2.38 bits per heavy atom. The lowest BCUT2D eigenvalue weighted by atomic mass is 10.3. The Bertz CT molecular complexity index is 550. The number of hydrogen-bond acceptors (Lipinski definition) is 2. The summed E-state index contributed by atoms with van der Waals surface area (Å²) in [4.78, 5) is 11.5. The normalized spacial score (nSPS) is 10.7. The number of carbonyl (C=O) groups excluding carboxylic acids is 1. The molecule has 0 unspecified atom stereocenters. The molecule has 84 valence electrons. The van der Waals surface area contributed by atoms with Crippen molar-refractivity contribution in [1.29, 1.82) is 0 Å². The highest BCUT2D eigenvalue weighted by molar-refractivity contribution is 9.10. The number of ether oxygens (including phenoxy) is 1. The van der Waals surface area contributed by atoms with Gasteiger partial charge in [0.2, 0.25) is 0 Å². The minimum absolute atomic E-state index is 0.325. The summed E-state index contributed by atoms with van der Waals surface area (Å²) in [6.07, 6.45) is 3.51. The average Bonchev–Trinajstić information content (AvgIpc) is 2.69. The van der Waals surface area contributed by atoms with Crippen LogP contribution in [0, 0.1) is 0 Å². The number of aromatic nitrogens is 1. The van der Waals surface area contributed by atoms with Gasteiger partial charge in [-0.25, -0.2) is 4.79 Å². The third kappa shape index (κ3) is 1.95. The molecule has 0 aliphatic heterocycles. The largest absolute Gasteiger partial charge is 0.462 e. The molecule has 0 saturated carbocycles. The van der Waals surface area contributed by atoms with Crippen LogP contribution in [0.5, 0.6) is 0 Å². The molecule has 0 fully saturated rings. The van der Waals surface area contributed by atoms with Crippen LogP contribution in [0.3, 0.4) is 0 Å². The van der Waals surface area contributed by atoms with Crippen LogP contribution in [0.1, 0.15) is 17.3 Å². The molecule has 0 spiro atoms. The molecule has 0 atom stereocenters. The summed E-state index contributed by atoms with van der Waals surface area (Å²) >= 11 is 9.34. The van der Waals surface area contributed by atoms with Gasteiger partial charge in [0.1, 0.15) is 0 Å². The zero-order valence-corrected chi connectivity index (χ0v) is 10.9. The fourth-order valence-corrected chi connectivity index (χ4v) is 2.05. The second kappa shape index (κ2) is 4.47. The molecule has 0 aromatic carbocycles. The van der Waals surface area contributed by atoms with E-state index < -0.39 is 0 Å². The number of esters is 1. The number of pyridine rings is 1. The zero-order chi connectivity index (χ0) is 11.7. The van der Waals surface area contributed by atoms with Crippen LogP contribution >= 0.6 is 27.5 Å². The first-order chi connectivity index (χ1) is 7.63. The van der Waals surface area contributed by atoms with Crippen LogP contribution in [0.2, 0.25) is 5.02 Å². The topological polar surface area (TPSA) is 30.7 Å². The van der Waals surface area contributed by atoms with Gasteiger partial charge < -0.3 is 9.14 Å². The highest BCUT2D eigenvalue weighted by Gasteiger charge is 2.12. The molecule has 2 aromatic heterocycles. The van der Waals surface area contributed by atoms with Gasteiger partial charge in [-0.15, -0.1) is 0 Å². The lowest BCUT2D eigenvalue weighted by Gasteiger charge is -1.98. The SMILES string of the molecule is CCOC(=O)c1cc2c(Br)c(Cl)ccn2c1. The van der Waals surface area contributed by atoms with Crippen molar-refractivity contribution in [2.24, 2.45) is 0 Å². The van der Waals surface area contributed by atoms with Crippen molar-refractivity contribution >= 4 is 39.0 Å². The Morgan fingerprint density at radius 1 is 1.62 bits per heavy atom. The lowest BCUT2D eigenvalue weighted by molar-refractivity contribution is 0.0526. The molecule has 0 radical (unpaired) electrons. The summed E-state index contributed by atoms with van der Waals surface area (Å²) in [6, 6.07) is 3.50. The summed E-state index contributed by atoms with van der Waals surface area (Å²) in [5, 5.41) is 0.612. The zero-order valence-electron chi connectivity index (χ0n) is 8.54. The maximum absolute atomic E-state index is 11.5. The Labute approximate surface area is 106 Å². The van der Waals surface area contributed by atoms with Gasteiger partial charge in [0, 0.05) is 12.4 Å². The first-order valence-electron chi connectivity index (χ1n) is 4.76. The van der Waals surface area contributed by atoms with E-state index in [1.165, 1.54) is 0 Å². The van der Waals surface area contributed by atoms with Gasteiger partial charge in [-0.1, -0.05) is 11.6 Å². The molecule has 16 heavy (non-hydrogen) atoms. The van der Waals surface area contributed by atoms with E-state index in [0.717, 1.165) is 9.99 Å². The number of carbonyl (C=O) groups is 1. The van der Waals surface area contributed by atoms with Gasteiger partial charge in [0.25, 0.3) is 0 Å². The van der Waals surface area contributed by atoms with E-state index in [-0.39, 0.29) is 5.97 Å². The van der Waals surface area contributed by atoms with Crippen molar-refractivity contribution in [3.8, 4) is 0 Å². The maximum atomic E-state index is 11.5. The molecule has 0 saturated heterocycles. The van der Waals surface area contributed by atoms with Gasteiger partial charge in [0.05, 0.1) is 27.2 Å². The van der Waals surface area contributed by atoms with E-state index >= 15 is 0 Å². The maximum Gasteiger partial charge on any atom is 0.339 e. The van der Waals surface area contributed by atoms with Gasteiger partial charge >= 0.3 is 5.97 Å². The van der Waals surface area contributed by atoms with Crippen molar-refractivity contribution in [2.75, 3.05) is 6.61 Å². The quantitative estimate of drug-likeness (QED) is 0.795. The molecule has 0 bridgehead atoms. The van der Waals surface area contributed by atoms with Crippen molar-refractivity contribution < 1.29 is 9.53 Å². The minimum Gasteiger partial charge on any atom is -0.462 e.